The molecule has 18 heteroatoms. The third kappa shape index (κ3) is 8.84. The van der Waals surface area contributed by atoms with E-state index in [2.05, 4.69) is 49.5 Å². The van der Waals surface area contributed by atoms with Crippen LogP contribution in [0.25, 0.3) is 0 Å². The van der Waals surface area contributed by atoms with E-state index in [0.717, 1.165) is 48.3 Å². The van der Waals surface area contributed by atoms with E-state index in [1.165, 1.54) is 17.7 Å². The quantitative estimate of drug-likeness (QED) is 0.0288. The molecular weight excluding hydrogens is 829 g/mol. The Morgan fingerprint density at radius 2 is 1.66 bits per heavy atom. The number of hydrogen-bond acceptors (Lipinski definition) is 10. The first-order valence-electron chi connectivity index (χ1n) is 19.3. The summed E-state index contributed by atoms with van der Waals surface area (Å²) in [5.41, 5.74) is 4.69. The number of hydrogen-bond donors (Lipinski definition) is 4. The molecule has 6 rings (SSSR count). The summed E-state index contributed by atoms with van der Waals surface area (Å²) in [4.78, 5) is 0.431. The lowest BCUT2D eigenvalue weighted by Crippen LogP contribution is -2.55. The average molecular weight is 883 g/mol. The Balaban J connectivity index is 1.37. The minimum absolute atomic E-state index is 0.0813. The van der Waals surface area contributed by atoms with E-state index in [1.807, 2.05) is 44.2 Å². The van der Waals surface area contributed by atoms with Crippen LogP contribution in [0.4, 0.5) is 11.4 Å². The van der Waals surface area contributed by atoms with Gasteiger partial charge in [0.15, 0.2) is 5.71 Å². The number of nitrogens with zero attached hydrogens (tertiary/aromatic N) is 2. The van der Waals surface area contributed by atoms with E-state index < -0.39 is 46.6 Å². The van der Waals surface area contributed by atoms with E-state index in [-0.39, 0.29) is 39.3 Å². The Bertz CT molecular complexity index is 2430. The van der Waals surface area contributed by atoms with Crippen molar-refractivity contribution in [3.05, 3.63) is 83.1 Å². The lowest BCUT2D eigenvalue weighted by molar-refractivity contribution is -0.438. The molecule has 4 N–H and O–H groups in total. The largest absolute Gasteiger partial charge is 0.320 e. The Labute approximate surface area is 346 Å². The van der Waals surface area contributed by atoms with Gasteiger partial charge in [0.2, 0.25) is 11.1 Å². The molecule has 3 atom stereocenters. The average Bonchev–Trinajstić information content (AvgIpc) is 3.69. The molecule has 1 saturated heterocycles. The molecule has 318 valence electrons. The third-order valence-electron chi connectivity index (χ3n) is 12.3. The van der Waals surface area contributed by atoms with Crippen LogP contribution in [0.1, 0.15) is 97.6 Å². The molecule has 3 heterocycles. The summed E-state index contributed by atoms with van der Waals surface area (Å²) in [5, 5.41) is 11.4. The molecule has 14 nitrogen and oxygen atoms in total. The fourth-order valence-electron chi connectivity index (χ4n) is 10.1. The fourth-order valence-corrected chi connectivity index (χ4v) is 12.8. The minimum atomic E-state index is -4.54. The minimum Gasteiger partial charge on any atom is -0.286 e. The highest BCUT2D eigenvalue weighted by atomic mass is 32.2. The summed E-state index contributed by atoms with van der Waals surface area (Å²) in [6.45, 7) is 13.4. The Morgan fingerprint density at radius 3 is 2.31 bits per heavy atom. The van der Waals surface area contributed by atoms with Gasteiger partial charge in [-0.2, -0.15) is 29.8 Å². The van der Waals surface area contributed by atoms with Gasteiger partial charge in [-0.1, -0.05) is 36.6 Å². The highest BCUT2D eigenvalue weighted by molar-refractivity contribution is 7.94. The second kappa shape index (κ2) is 15.9. The fraction of sp³-hybridized carbons (Fsp3) is 0.525. The van der Waals surface area contributed by atoms with Gasteiger partial charge in [0.05, 0.1) is 40.1 Å². The molecule has 0 radical (unpaired) electrons. The van der Waals surface area contributed by atoms with Crippen molar-refractivity contribution in [3.63, 3.8) is 0 Å². The van der Waals surface area contributed by atoms with Crippen LogP contribution >= 0.6 is 12.0 Å². The molecule has 0 bridgehead atoms. The van der Waals surface area contributed by atoms with E-state index in [9.17, 15) is 38.9 Å². The molecule has 0 aromatic heterocycles. The van der Waals surface area contributed by atoms with E-state index in [1.54, 1.807) is 6.07 Å². The lowest BCUT2D eigenvalue weighted by atomic mass is 9.69. The summed E-state index contributed by atoms with van der Waals surface area (Å²) in [6.07, 6.45) is 12.3. The number of unbranched alkanes of at least 4 members (excludes halogenated alkanes) is 1. The number of allylic oxidation sites excluding steroid dienone is 6. The zero-order valence-corrected chi connectivity index (χ0v) is 36.8. The van der Waals surface area contributed by atoms with Crippen LogP contribution in [-0.4, -0.2) is 78.7 Å². The highest BCUT2D eigenvalue weighted by Crippen LogP contribution is 2.57. The maximum absolute atomic E-state index is 13.0. The number of rotatable bonds is 13. The second-order valence-corrected chi connectivity index (χ2v) is 23.1. The van der Waals surface area contributed by atoms with Crippen LogP contribution in [0.3, 0.4) is 0 Å². The first-order valence-corrected chi connectivity index (χ1v) is 24.6. The van der Waals surface area contributed by atoms with Crippen molar-refractivity contribution in [2.75, 3.05) is 18.8 Å². The van der Waals surface area contributed by atoms with Crippen molar-refractivity contribution in [1.29, 1.82) is 0 Å². The molecule has 2 aromatic carbocycles. The highest BCUT2D eigenvalue weighted by Gasteiger charge is 2.63. The van der Waals surface area contributed by atoms with Crippen molar-refractivity contribution in [1.82, 2.24) is 4.48 Å². The molecule has 0 amide bonds. The second-order valence-electron chi connectivity index (χ2n) is 17.8. The molecule has 1 aliphatic carbocycles. The number of fused-ring (bicyclic) bond motifs is 3. The maximum atomic E-state index is 13.0. The third-order valence-corrected chi connectivity index (χ3v) is 15.8. The SMILES string of the molecule is CC1(C)C/C(=C\C2=[N+](CCCCS(=O)(=O)O)c3ccc(SOOO)cc3C2(C)C)CC(C=C/C=C2\C(C)(C)c3cc(S(=O)(=O)O)ccc3[N+]23CCCC3S(=O)(=O)O)C1. The van der Waals surface area contributed by atoms with Gasteiger partial charge in [0.1, 0.15) is 17.9 Å². The molecule has 2 aromatic rings. The Kier molecular flexibility index (Phi) is 12.3. The van der Waals surface area contributed by atoms with Crippen LogP contribution in [0.15, 0.2) is 81.8 Å². The predicted molar refractivity (Wildman–Crippen MR) is 223 cm³/mol. The topological polar surface area (TPSA) is 205 Å². The van der Waals surface area contributed by atoms with Gasteiger partial charge < -0.3 is 0 Å². The summed E-state index contributed by atoms with van der Waals surface area (Å²) in [6, 6.07) is 10.0. The predicted octanol–water partition coefficient (Wildman–Crippen LogP) is 7.91. The standard InChI is InChI=1S/C40H52N2O12S4/c1-38(2)25-27(11-9-12-36-40(5,6)32-24-30(57(47,48)49)15-17-34(32)42(36)19-10-13-37(42)58(50,51)52)21-28(26-38)22-35-39(3,4)31-23-29(55-54-53-43)14-16-33(31)41(35)18-7-8-20-56(44,45)46/h9,11-12,14-17,22-24,27,37H,7-8,10,13,18-21,25-26H2,1-6H3,(H2-2,43,44,45,46,47,48,49,50,51,52)/p+2/b11-9?,28-22-,36-12+. The summed E-state index contributed by atoms with van der Waals surface area (Å²) < 4.78 is 110. The van der Waals surface area contributed by atoms with Crippen molar-refractivity contribution in [2.45, 2.75) is 112 Å². The first kappa shape index (κ1) is 44.8. The van der Waals surface area contributed by atoms with Gasteiger partial charge in [0.25, 0.3) is 20.2 Å². The lowest BCUT2D eigenvalue weighted by Gasteiger charge is -2.37. The zero-order valence-electron chi connectivity index (χ0n) is 33.6. The molecule has 58 heavy (non-hydrogen) atoms. The van der Waals surface area contributed by atoms with Gasteiger partial charge in [0, 0.05) is 53.5 Å². The molecule has 3 aliphatic heterocycles. The van der Waals surface area contributed by atoms with Crippen LogP contribution in [0.2, 0.25) is 0 Å². The molecule has 1 spiro atoms. The smallest absolute Gasteiger partial charge is 0.286 e. The Hall–Kier alpha value is -2.75. The molecule has 4 aliphatic rings. The van der Waals surface area contributed by atoms with E-state index >= 15 is 0 Å². The van der Waals surface area contributed by atoms with Crippen molar-refractivity contribution in [3.8, 4) is 0 Å². The molecule has 3 unspecified atom stereocenters. The van der Waals surface area contributed by atoms with Gasteiger partial charge in [-0.25, -0.2) is 9.74 Å². The summed E-state index contributed by atoms with van der Waals surface area (Å²) in [7, 11) is -13.2. The normalized spacial score (nSPS) is 26.7. The van der Waals surface area contributed by atoms with Crippen molar-refractivity contribution in [2.24, 2.45) is 11.3 Å². The van der Waals surface area contributed by atoms with Crippen LogP contribution in [0.5, 0.6) is 0 Å². The Morgan fingerprint density at radius 1 is 0.931 bits per heavy atom. The van der Waals surface area contributed by atoms with Gasteiger partial charge in [-0.05, 0) is 95.1 Å². The first-order chi connectivity index (χ1) is 26.8. The maximum Gasteiger partial charge on any atom is 0.320 e. The van der Waals surface area contributed by atoms with Crippen molar-refractivity contribution >= 4 is 59.5 Å². The molecule has 2 fully saturated rings. The van der Waals surface area contributed by atoms with Gasteiger partial charge >= 0.3 is 10.1 Å². The molecular formula is C40H54N2O12S4+2. The van der Waals surface area contributed by atoms with Crippen molar-refractivity contribution < 1.29 is 58.1 Å². The van der Waals surface area contributed by atoms with Crippen LogP contribution in [0, 0.1) is 11.3 Å². The molecule has 1 saturated carbocycles. The number of quaternary nitrogens is 1. The summed E-state index contributed by atoms with van der Waals surface area (Å²) >= 11 is 0.872. The van der Waals surface area contributed by atoms with E-state index in [0.29, 0.717) is 47.8 Å². The monoisotopic (exact) mass is 882 g/mol. The van der Waals surface area contributed by atoms with Crippen LogP contribution < -0.4 is 4.48 Å². The van der Waals surface area contributed by atoms with Crippen LogP contribution in [-0.2, 0) is 50.6 Å². The summed E-state index contributed by atoms with van der Waals surface area (Å²) in [5.74, 6) is -0.228. The number of benzene rings is 2. The van der Waals surface area contributed by atoms with E-state index in [4.69, 9.17) is 9.59 Å². The zero-order chi connectivity index (χ0) is 42.7. The van der Waals surface area contributed by atoms with Gasteiger partial charge in [-0.15, -0.1) is 4.33 Å². The van der Waals surface area contributed by atoms with Gasteiger partial charge in [-0.3, -0.25) is 13.7 Å².